The molecule has 84 valence electrons. The monoisotopic (exact) mass is 228 g/mol. The highest BCUT2D eigenvalue weighted by atomic mass is 35.5. The lowest BCUT2D eigenvalue weighted by Gasteiger charge is -2.24. The van der Waals surface area contributed by atoms with Gasteiger partial charge in [0, 0.05) is 44.2 Å². The van der Waals surface area contributed by atoms with Crippen molar-refractivity contribution in [3.05, 3.63) is 24.0 Å². The second-order valence-corrected chi connectivity index (χ2v) is 3.71. The summed E-state index contributed by atoms with van der Waals surface area (Å²) in [5, 5.41) is 0. The van der Waals surface area contributed by atoms with E-state index in [1.54, 1.807) is 13.3 Å². The Morgan fingerprint density at radius 1 is 1.47 bits per heavy atom. The van der Waals surface area contributed by atoms with Crippen LogP contribution in [0.25, 0.3) is 0 Å². The van der Waals surface area contributed by atoms with Crippen LogP contribution in [0.15, 0.2) is 18.5 Å². The summed E-state index contributed by atoms with van der Waals surface area (Å²) in [6, 6.07) is 2.01. The van der Waals surface area contributed by atoms with Gasteiger partial charge in [-0.3, -0.25) is 4.98 Å². The van der Waals surface area contributed by atoms with E-state index < -0.39 is 0 Å². The summed E-state index contributed by atoms with van der Waals surface area (Å²) in [7, 11) is 1.71. The van der Waals surface area contributed by atoms with Gasteiger partial charge in [-0.1, -0.05) is 0 Å². The first-order valence-corrected chi connectivity index (χ1v) is 5.53. The number of hydrogen-bond donors (Lipinski definition) is 0. The quantitative estimate of drug-likeness (QED) is 0.698. The van der Waals surface area contributed by atoms with Crippen LogP contribution in [0, 0.1) is 6.92 Å². The Balaban J connectivity index is 2.74. The molecular formula is C11H17ClN2O. The van der Waals surface area contributed by atoms with Crippen molar-refractivity contribution < 1.29 is 4.74 Å². The standard InChI is InChI=1S/C11H17ClN2O/c1-10-9-13-5-3-11(10)14(6-4-12)7-8-15-2/h3,5,9H,4,6-8H2,1-2H3. The number of ether oxygens (including phenoxy) is 1. The molecule has 1 aromatic rings. The Bertz CT molecular complexity index is 294. The predicted molar refractivity (Wildman–Crippen MR) is 63.8 cm³/mol. The molecule has 0 radical (unpaired) electrons. The number of pyridine rings is 1. The molecule has 0 spiro atoms. The fourth-order valence-corrected chi connectivity index (χ4v) is 1.68. The van der Waals surface area contributed by atoms with Crippen LogP contribution in [0.4, 0.5) is 5.69 Å². The van der Waals surface area contributed by atoms with Crippen LogP contribution in [-0.2, 0) is 4.74 Å². The molecule has 0 amide bonds. The van der Waals surface area contributed by atoms with Gasteiger partial charge in [-0.2, -0.15) is 0 Å². The number of hydrogen-bond acceptors (Lipinski definition) is 3. The number of alkyl halides is 1. The van der Waals surface area contributed by atoms with Gasteiger partial charge in [0.25, 0.3) is 0 Å². The normalized spacial score (nSPS) is 10.3. The summed E-state index contributed by atoms with van der Waals surface area (Å²) in [4.78, 5) is 6.29. The topological polar surface area (TPSA) is 25.4 Å². The number of nitrogens with zero attached hydrogens (tertiary/aromatic N) is 2. The van der Waals surface area contributed by atoms with E-state index in [2.05, 4.69) is 16.8 Å². The molecule has 0 bridgehead atoms. The third kappa shape index (κ3) is 3.68. The molecule has 3 nitrogen and oxygen atoms in total. The zero-order valence-corrected chi connectivity index (χ0v) is 10.00. The van der Waals surface area contributed by atoms with Crippen molar-refractivity contribution in [2.24, 2.45) is 0 Å². The van der Waals surface area contributed by atoms with Gasteiger partial charge in [0.05, 0.1) is 6.61 Å². The lowest BCUT2D eigenvalue weighted by molar-refractivity contribution is 0.205. The maximum absolute atomic E-state index is 5.78. The summed E-state index contributed by atoms with van der Waals surface area (Å²) in [5.41, 5.74) is 2.35. The Morgan fingerprint density at radius 2 is 2.27 bits per heavy atom. The van der Waals surface area contributed by atoms with E-state index in [9.17, 15) is 0 Å². The summed E-state index contributed by atoms with van der Waals surface area (Å²) >= 11 is 5.78. The Kier molecular flexibility index (Phi) is 5.43. The van der Waals surface area contributed by atoms with E-state index in [1.165, 1.54) is 11.3 Å². The Labute approximate surface area is 96.0 Å². The molecule has 0 atom stereocenters. The van der Waals surface area contributed by atoms with Gasteiger partial charge in [-0.25, -0.2) is 0 Å². The fraction of sp³-hybridized carbons (Fsp3) is 0.545. The van der Waals surface area contributed by atoms with Gasteiger partial charge < -0.3 is 9.64 Å². The molecule has 0 N–H and O–H groups in total. The molecular weight excluding hydrogens is 212 g/mol. The van der Waals surface area contributed by atoms with Crippen molar-refractivity contribution in [3.63, 3.8) is 0 Å². The maximum atomic E-state index is 5.78. The third-order valence-corrected chi connectivity index (χ3v) is 2.42. The fourth-order valence-electron chi connectivity index (χ4n) is 1.48. The summed E-state index contributed by atoms with van der Waals surface area (Å²) in [6.45, 7) is 4.44. The van der Waals surface area contributed by atoms with Crippen molar-refractivity contribution in [2.45, 2.75) is 6.92 Å². The molecule has 0 aliphatic rings. The second kappa shape index (κ2) is 6.64. The Hall–Kier alpha value is -0.800. The minimum Gasteiger partial charge on any atom is -0.383 e. The SMILES string of the molecule is COCCN(CCCl)c1ccncc1C. The molecule has 4 heteroatoms. The molecule has 0 aromatic carbocycles. The minimum absolute atomic E-state index is 0.617. The van der Waals surface area contributed by atoms with E-state index in [4.69, 9.17) is 16.3 Å². The van der Waals surface area contributed by atoms with Crippen LogP contribution in [0.3, 0.4) is 0 Å². The van der Waals surface area contributed by atoms with Crippen LogP contribution in [0.1, 0.15) is 5.56 Å². The number of anilines is 1. The molecule has 0 aliphatic heterocycles. The first kappa shape index (κ1) is 12.3. The number of rotatable bonds is 6. The molecule has 0 saturated heterocycles. The lowest BCUT2D eigenvalue weighted by Crippen LogP contribution is -2.29. The van der Waals surface area contributed by atoms with Crippen molar-refractivity contribution in [3.8, 4) is 0 Å². The van der Waals surface area contributed by atoms with Crippen molar-refractivity contribution in [1.82, 2.24) is 4.98 Å². The minimum atomic E-state index is 0.617. The Morgan fingerprint density at radius 3 is 2.87 bits per heavy atom. The highest BCUT2D eigenvalue weighted by Gasteiger charge is 2.07. The predicted octanol–water partition coefficient (Wildman–Crippen LogP) is 2.08. The van der Waals surface area contributed by atoms with Crippen LogP contribution in [0.5, 0.6) is 0 Å². The zero-order chi connectivity index (χ0) is 11.1. The molecule has 0 unspecified atom stereocenters. The van der Waals surface area contributed by atoms with E-state index in [0.717, 1.165) is 13.1 Å². The summed E-state index contributed by atoms with van der Waals surface area (Å²) in [6.07, 6.45) is 3.67. The summed E-state index contributed by atoms with van der Waals surface area (Å²) in [5.74, 6) is 0.617. The molecule has 1 aromatic heterocycles. The van der Waals surface area contributed by atoms with Crippen molar-refractivity contribution in [2.75, 3.05) is 37.6 Å². The highest BCUT2D eigenvalue weighted by molar-refractivity contribution is 6.18. The van der Waals surface area contributed by atoms with Gasteiger partial charge in [-0.15, -0.1) is 11.6 Å². The van der Waals surface area contributed by atoms with E-state index in [1.807, 2.05) is 12.3 Å². The zero-order valence-electron chi connectivity index (χ0n) is 9.24. The van der Waals surface area contributed by atoms with Crippen LogP contribution in [0.2, 0.25) is 0 Å². The van der Waals surface area contributed by atoms with E-state index >= 15 is 0 Å². The van der Waals surface area contributed by atoms with Crippen LogP contribution < -0.4 is 4.90 Å². The molecule has 1 rings (SSSR count). The first-order chi connectivity index (χ1) is 7.29. The number of methoxy groups -OCH3 is 1. The smallest absolute Gasteiger partial charge is 0.0637 e. The number of aromatic nitrogens is 1. The molecule has 0 saturated carbocycles. The maximum Gasteiger partial charge on any atom is 0.0637 e. The third-order valence-electron chi connectivity index (χ3n) is 2.25. The van der Waals surface area contributed by atoms with Crippen molar-refractivity contribution >= 4 is 17.3 Å². The summed E-state index contributed by atoms with van der Waals surface area (Å²) < 4.78 is 5.08. The lowest BCUT2D eigenvalue weighted by atomic mass is 10.2. The van der Waals surface area contributed by atoms with Gasteiger partial charge in [0.15, 0.2) is 0 Å². The largest absolute Gasteiger partial charge is 0.383 e. The van der Waals surface area contributed by atoms with Crippen molar-refractivity contribution in [1.29, 1.82) is 0 Å². The number of aryl methyl sites for hydroxylation is 1. The highest BCUT2D eigenvalue weighted by Crippen LogP contribution is 2.17. The van der Waals surface area contributed by atoms with Crippen LogP contribution >= 0.6 is 11.6 Å². The molecule has 0 fully saturated rings. The molecule has 1 heterocycles. The number of halogens is 1. The van der Waals surface area contributed by atoms with Gasteiger partial charge in [0.1, 0.15) is 0 Å². The average molecular weight is 229 g/mol. The average Bonchev–Trinajstić information content (AvgIpc) is 2.25. The molecule has 15 heavy (non-hydrogen) atoms. The molecule has 0 aliphatic carbocycles. The second-order valence-electron chi connectivity index (χ2n) is 3.33. The van der Waals surface area contributed by atoms with E-state index in [0.29, 0.717) is 12.5 Å². The first-order valence-electron chi connectivity index (χ1n) is 5.00. The van der Waals surface area contributed by atoms with E-state index in [-0.39, 0.29) is 0 Å². The van der Waals surface area contributed by atoms with Gasteiger partial charge in [0.2, 0.25) is 0 Å². The van der Waals surface area contributed by atoms with Gasteiger partial charge >= 0.3 is 0 Å². The van der Waals surface area contributed by atoms with Crippen LogP contribution in [-0.4, -0.2) is 37.7 Å². The van der Waals surface area contributed by atoms with Gasteiger partial charge in [-0.05, 0) is 18.6 Å².